The van der Waals surface area contributed by atoms with E-state index in [1.807, 2.05) is 54.6 Å². The molecule has 0 fully saturated rings. The molecule has 27 heavy (non-hydrogen) atoms. The van der Waals surface area contributed by atoms with Crippen molar-refractivity contribution in [3.8, 4) is 11.5 Å². The molecular weight excluding hydrogens is 344 g/mol. The zero-order valence-electron chi connectivity index (χ0n) is 15.3. The molecule has 0 aliphatic heterocycles. The average Bonchev–Trinajstić information content (AvgIpc) is 3.17. The van der Waals surface area contributed by atoms with Gasteiger partial charge in [-0.2, -0.15) is 0 Å². The van der Waals surface area contributed by atoms with Crippen LogP contribution in [0.4, 0.5) is 0 Å². The summed E-state index contributed by atoms with van der Waals surface area (Å²) in [5.74, 6) is 1.54. The Labute approximate surface area is 158 Å². The molecule has 6 heteroatoms. The Morgan fingerprint density at radius 1 is 1.11 bits per heavy atom. The van der Waals surface area contributed by atoms with Crippen molar-refractivity contribution in [1.82, 2.24) is 9.88 Å². The Balaban J connectivity index is 1.54. The highest BCUT2D eigenvalue weighted by Crippen LogP contribution is 2.23. The van der Waals surface area contributed by atoms with E-state index in [2.05, 4.69) is 4.98 Å². The molecule has 1 aromatic heterocycles. The molecule has 1 N–H and O–H groups in total. The smallest absolute Gasteiger partial charge is 0.290 e. The number of para-hydroxylation sites is 1. The molecule has 0 aliphatic rings. The van der Waals surface area contributed by atoms with E-state index in [0.717, 1.165) is 17.1 Å². The van der Waals surface area contributed by atoms with Crippen LogP contribution in [0.15, 0.2) is 65.2 Å². The van der Waals surface area contributed by atoms with Crippen LogP contribution in [0.25, 0.3) is 0 Å². The van der Waals surface area contributed by atoms with Crippen molar-refractivity contribution in [2.45, 2.75) is 18.9 Å². The highest BCUT2D eigenvalue weighted by Gasteiger charge is 2.19. The van der Waals surface area contributed by atoms with Crippen LogP contribution in [0.1, 0.15) is 34.5 Å². The van der Waals surface area contributed by atoms with Crippen LogP contribution in [0.3, 0.4) is 0 Å². The minimum Gasteiger partial charge on any atom is -0.457 e. The summed E-state index contributed by atoms with van der Waals surface area (Å²) in [6, 6.07) is 17.3. The quantitative estimate of drug-likeness (QED) is 0.688. The Morgan fingerprint density at radius 3 is 2.44 bits per heavy atom. The first kappa shape index (κ1) is 18.7. The molecule has 0 radical (unpaired) electrons. The molecule has 1 atom stereocenters. The molecule has 0 saturated carbocycles. The van der Waals surface area contributed by atoms with E-state index in [0.29, 0.717) is 12.8 Å². The van der Waals surface area contributed by atoms with Gasteiger partial charge in [-0.3, -0.25) is 4.79 Å². The van der Waals surface area contributed by atoms with E-state index >= 15 is 0 Å². The molecule has 3 aromatic rings. The summed E-state index contributed by atoms with van der Waals surface area (Å²) in [5.41, 5.74) is 1.06. The Hall–Kier alpha value is -3.12. The number of hydrogen-bond donors (Lipinski definition) is 1. The lowest BCUT2D eigenvalue weighted by Crippen LogP contribution is -2.20. The van der Waals surface area contributed by atoms with Crippen molar-refractivity contribution in [2.24, 2.45) is 0 Å². The van der Waals surface area contributed by atoms with Gasteiger partial charge in [-0.15, -0.1) is 0 Å². The van der Waals surface area contributed by atoms with Crippen molar-refractivity contribution in [2.75, 3.05) is 14.1 Å². The number of aryl methyl sites for hydroxylation is 1. The number of nitrogens with zero attached hydrogens (tertiary/aromatic N) is 2. The van der Waals surface area contributed by atoms with Crippen LogP contribution < -0.4 is 4.74 Å². The van der Waals surface area contributed by atoms with Gasteiger partial charge in [-0.1, -0.05) is 30.3 Å². The number of ether oxygens (including phenoxy) is 1. The maximum atomic E-state index is 11.8. The Morgan fingerprint density at radius 2 is 1.78 bits per heavy atom. The molecule has 1 heterocycles. The van der Waals surface area contributed by atoms with Crippen LogP contribution in [0.5, 0.6) is 11.5 Å². The van der Waals surface area contributed by atoms with Gasteiger partial charge in [0.15, 0.2) is 0 Å². The molecule has 3 rings (SSSR count). The lowest BCUT2D eigenvalue weighted by molar-refractivity contribution is 0.0781. The molecular formula is C21H22N2O4. The van der Waals surface area contributed by atoms with Gasteiger partial charge in [0.1, 0.15) is 17.6 Å². The maximum Gasteiger partial charge on any atom is 0.290 e. The van der Waals surface area contributed by atoms with Crippen LogP contribution >= 0.6 is 0 Å². The summed E-state index contributed by atoms with van der Waals surface area (Å²) in [4.78, 5) is 17.2. The van der Waals surface area contributed by atoms with E-state index in [1.165, 1.54) is 11.1 Å². The number of aromatic nitrogens is 1. The normalized spacial score (nSPS) is 11.8. The number of oxazole rings is 1. The number of carbonyl (C=O) groups excluding carboxylic acids is 1. The zero-order chi connectivity index (χ0) is 19.2. The summed E-state index contributed by atoms with van der Waals surface area (Å²) >= 11 is 0. The van der Waals surface area contributed by atoms with E-state index < -0.39 is 6.10 Å². The van der Waals surface area contributed by atoms with Crippen molar-refractivity contribution in [3.05, 3.63) is 78.0 Å². The van der Waals surface area contributed by atoms with Crippen molar-refractivity contribution in [1.29, 1.82) is 0 Å². The average molecular weight is 366 g/mol. The van der Waals surface area contributed by atoms with Gasteiger partial charge in [-0.25, -0.2) is 4.98 Å². The fourth-order valence-electron chi connectivity index (χ4n) is 2.54. The van der Waals surface area contributed by atoms with E-state index in [-0.39, 0.29) is 17.6 Å². The second kappa shape index (κ2) is 8.51. The van der Waals surface area contributed by atoms with Crippen LogP contribution in [-0.4, -0.2) is 35.0 Å². The third kappa shape index (κ3) is 4.95. The van der Waals surface area contributed by atoms with Gasteiger partial charge in [-0.05, 0) is 42.7 Å². The highest BCUT2D eigenvalue weighted by molar-refractivity contribution is 5.90. The summed E-state index contributed by atoms with van der Waals surface area (Å²) in [7, 11) is 3.26. The maximum absolute atomic E-state index is 11.8. The first-order chi connectivity index (χ1) is 13.0. The standard InChI is InChI=1S/C21H22N2O4/c1-23(2)21(25)19-14-22-20(27-19)18(24)13-10-15-8-11-17(12-9-15)26-16-6-4-3-5-7-16/h3-9,11-12,14,18,24H,10,13H2,1-2H3. The van der Waals surface area contributed by atoms with Crippen LogP contribution in [0, 0.1) is 0 Å². The monoisotopic (exact) mass is 366 g/mol. The zero-order valence-corrected chi connectivity index (χ0v) is 15.3. The van der Waals surface area contributed by atoms with Gasteiger partial charge >= 0.3 is 0 Å². The Kier molecular flexibility index (Phi) is 5.88. The summed E-state index contributed by atoms with van der Waals surface area (Å²) in [6.45, 7) is 0. The first-order valence-electron chi connectivity index (χ1n) is 8.70. The van der Waals surface area contributed by atoms with Crippen molar-refractivity contribution < 1.29 is 19.1 Å². The molecule has 2 aromatic carbocycles. The number of benzene rings is 2. The fourth-order valence-corrected chi connectivity index (χ4v) is 2.54. The number of aliphatic hydroxyl groups is 1. The molecule has 1 unspecified atom stereocenters. The molecule has 1 amide bonds. The first-order valence-corrected chi connectivity index (χ1v) is 8.70. The number of carbonyl (C=O) groups is 1. The molecule has 0 saturated heterocycles. The van der Waals surface area contributed by atoms with Gasteiger partial charge in [0.25, 0.3) is 5.91 Å². The minimum absolute atomic E-state index is 0.122. The van der Waals surface area contributed by atoms with Crippen LogP contribution in [-0.2, 0) is 6.42 Å². The molecule has 0 bridgehead atoms. The largest absolute Gasteiger partial charge is 0.457 e. The summed E-state index contributed by atoms with van der Waals surface area (Å²) in [6.07, 6.45) is 1.56. The lowest BCUT2D eigenvalue weighted by Gasteiger charge is -2.09. The van der Waals surface area contributed by atoms with Gasteiger partial charge in [0, 0.05) is 14.1 Å². The van der Waals surface area contributed by atoms with Crippen LogP contribution in [0.2, 0.25) is 0 Å². The second-order valence-corrected chi connectivity index (χ2v) is 6.38. The summed E-state index contributed by atoms with van der Waals surface area (Å²) in [5, 5.41) is 10.3. The van der Waals surface area contributed by atoms with Gasteiger partial charge in [0.2, 0.25) is 11.7 Å². The third-order valence-corrected chi connectivity index (χ3v) is 4.03. The minimum atomic E-state index is -0.867. The topological polar surface area (TPSA) is 75.8 Å². The molecule has 0 aliphatic carbocycles. The number of amides is 1. The second-order valence-electron chi connectivity index (χ2n) is 6.38. The fraction of sp³-hybridized carbons (Fsp3) is 0.238. The number of aliphatic hydroxyl groups excluding tert-OH is 1. The van der Waals surface area contributed by atoms with Crippen molar-refractivity contribution in [3.63, 3.8) is 0 Å². The number of rotatable bonds is 7. The molecule has 6 nitrogen and oxygen atoms in total. The highest BCUT2D eigenvalue weighted by atomic mass is 16.5. The number of hydrogen-bond acceptors (Lipinski definition) is 5. The molecule has 0 spiro atoms. The third-order valence-electron chi connectivity index (χ3n) is 4.03. The predicted molar refractivity (Wildman–Crippen MR) is 101 cm³/mol. The Bertz CT molecular complexity index is 873. The van der Waals surface area contributed by atoms with Crippen molar-refractivity contribution >= 4 is 5.91 Å². The SMILES string of the molecule is CN(C)C(=O)c1cnc(C(O)CCc2ccc(Oc3ccccc3)cc2)o1. The van der Waals surface area contributed by atoms with E-state index in [1.54, 1.807) is 14.1 Å². The lowest BCUT2D eigenvalue weighted by atomic mass is 10.1. The van der Waals surface area contributed by atoms with E-state index in [4.69, 9.17) is 9.15 Å². The summed E-state index contributed by atoms with van der Waals surface area (Å²) < 4.78 is 11.1. The van der Waals surface area contributed by atoms with Gasteiger partial charge < -0.3 is 19.2 Å². The van der Waals surface area contributed by atoms with E-state index in [9.17, 15) is 9.90 Å². The molecule has 140 valence electrons. The van der Waals surface area contributed by atoms with Gasteiger partial charge in [0.05, 0.1) is 6.20 Å². The predicted octanol–water partition coefficient (Wildman–Crippen LogP) is 3.83.